The number of hydrogen-bond donors (Lipinski definition) is 3. The third kappa shape index (κ3) is 5.09. The van der Waals surface area contributed by atoms with Crippen molar-refractivity contribution in [2.75, 3.05) is 11.5 Å². The van der Waals surface area contributed by atoms with Crippen LogP contribution in [0.4, 0.5) is 0 Å². The van der Waals surface area contributed by atoms with Gasteiger partial charge in [0.25, 0.3) is 5.91 Å². The van der Waals surface area contributed by atoms with Gasteiger partial charge in [-0.05, 0) is 12.5 Å². The fraction of sp³-hybridized carbons (Fsp3) is 0.389. The second kappa shape index (κ2) is 9.94. The fourth-order valence-corrected chi connectivity index (χ4v) is 7.23. The molecule has 2 aromatic rings. The molecule has 0 radical (unpaired) electrons. The molecule has 10 nitrogen and oxygen atoms in total. The maximum atomic E-state index is 12.8. The third-order valence-corrected chi connectivity index (χ3v) is 8.79. The molecule has 15 heteroatoms. The van der Waals surface area contributed by atoms with Crippen LogP contribution >= 0.6 is 58.1 Å². The van der Waals surface area contributed by atoms with E-state index in [4.69, 9.17) is 23.2 Å². The highest BCUT2D eigenvalue weighted by atomic mass is 35.5. The first-order valence-corrected chi connectivity index (χ1v) is 13.1. The molecule has 1 saturated heterocycles. The molecule has 4 rings (SSSR count). The number of thioether (sulfide) groups is 2. The zero-order valence-corrected chi connectivity index (χ0v) is 20.9. The number of nitrogens with zero attached hydrogens (tertiary/aromatic N) is 4. The first-order valence-electron chi connectivity index (χ1n) is 9.45. The van der Waals surface area contributed by atoms with E-state index in [1.54, 1.807) is 0 Å². The molecule has 0 spiro atoms. The number of β-lactam (4-membered cyclic amide) rings is 1. The quantitative estimate of drug-likeness (QED) is 0.263. The van der Waals surface area contributed by atoms with Crippen LogP contribution in [-0.4, -0.2) is 70.9 Å². The average molecular weight is 550 g/mol. The lowest BCUT2D eigenvalue weighted by Gasteiger charge is -2.51. The average Bonchev–Trinajstić information content (AvgIpc) is 3.18. The van der Waals surface area contributed by atoms with Gasteiger partial charge >= 0.3 is 0 Å². The van der Waals surface area contributed by atoms with Crippen LogP contribution in [0.25, 0.3) is 0 Å². The van der Waals surface area contributed by atoms with E-state index in [1.165, 1.54) is 56.7 Å². The number of carbonyl (C=O) groups is 2. The minimum atomic E-state index is -1.83. The Morgan fingerprint density at radius 2 is 2.00 bits per heavy atom. The van der Waals surface area contributed by atoms with Gasteiger partial charge in [-0.25, -0.2) is 0 Å². The molecule has 0 aromatic carbocycles. The number of aromatic nitrogens is 3. The van der Waals surface area contributed by atoms with Gasteiger partial charge in [-0.1, -0.05) is 46.3 Å². The summed E-state index contributed by atoms with van der Waals surface area (Å²) in [5.41, 5.74) is 0.317. The number of aliphatic hydroxyl groups is 2. The van der Waals surface area contributed by atoms with E-state index in [0.717, 1.165) is 9.35 Å². The molecule has 0 aliphatic carbocycles. The molecule has 3 N–H and O–H groups in total. The highest BCUT2D eigenvalue weighted by molar-refractivity contribution is 8.01. The van der Waals surface area contributed by atoms with Gasteiger partial charge < -0.3 is 20.1 Å². The maximum absolute atomic E-state index is 12.8. The monoisotopic (exact) mass is 549 g/mol. The zero-order chi connectivity index (χ0) is 23.9. The molecule has 2 aliphatic rings. The van der Waals surface area contributed by atoms with Gasteiger partial charge in [0.05, 0.1) is 5.70 Å². The van der Waals surface area contributed by atoms with Crippen molar-refractivity contribution >= 4 is 69.9 Å². The lowest BCUT2D eigenvalue weighted by Crippen LogP contribution is -2.71. The van der Waals surface area contributed by atoms with E-state index in [2.05, 4.69) is 15.5 Å². The molecule has 2 aliphatic heterocycles. The van der Waals surface area contributed by atoms with Gasteiger partial charge in [0.2, 0.25) is 11.3 Å². The van der Waals surface area contributed by atoms with Gasteiger partial charge in [-0.2, -0.15) is 0 Å². The minimum Gasteiger partial charge on any atom is -0.363 e. The predicted octanol–water partition coefficient (Wildman–Crippen LogP) is 1.07. The van der Waals surface area contributed by atoms with Crippen LogP contribution in [0.3, 0.4) is 0 Å². The summed E-state index contributed by atoms with van der Waals surface area (Å²) in [5.74, 6) is -0.0271. The molecule has 2 aromatic heterocycles. The number of amides is 2. The standard InChI is InChI=1S/C18H17Cl2N5O5S3/c1-7-22-23-18(33-7)32-6-8-5-31-16-12(15(28)25(16)13(8)17(29)30)21-11(26)4-24-2-9(19)14(27)10(20)3-24/h2-3,12,16-17,29-30H,4-6H2,1H3,(H,21,26). The Bertz CT molecular complexity index is 1170. The number of pyridine rings is 1. The molecule has 176 valence electrons. The molecule has 0 saturated carbocycles. The van der Waals surface area contributed by atoms with Gasteiger partial charge in [-0.15, -0.1) is 22.0 Å². The Balaban J connectivity index is 1.43. The largest absolute Gasteiger partial charge is 0.363 e. The minimum absolute atomic E-state index is 0.121. The van der Waals surface area contributed by atoms with Crippen LogP contribution in [0.5, 0.6) is 0 Å². The summed E-state index contributed by atoms with van der Waals surface area (Å²) in [5, 5.41) is 30.7. The Kier molecular flexibility index (Phi) is 7.38. The number of nitrogens with one attached hydrogen (secondary N) is 1. The Labute approximate surface area is 210 Å². The summed E-state index contributed by atoms with van der Waals surface area (Å²) >= 11 is 15.9. The van der Waals surface area contributed by atoms with E-state index in [9.17, 15) is 24.6 Å². The van der Waals surface area contributed by atoms with Crippen molar-refractivity contribution in [2.24, 2.45) is 0 Å². The van der Waals surface area contributed by atoms with Crippen LogP contribution in [-0.2, 0) is 16.1 Å². The van der Waals surface area contributed by atoms with Crippen molar-refractivity contribution in [3.63, 3.8) is 0 Å². The molecule has 2 atom stereocenters. The van der Waals surface area contributed by atoms with Gasteiger partial charge in [0.15, 0.2) is 10.6 Å². The molecule has 1 fully saturated rings. The van der Waals surface area contributed by atoms with Gasteiger partial charge in [-0.3, -0.25) is 19.3 Å². The predicted molar refractivity (Wildman–Crippen MR) is 126 cm³/mol. The number of hydrogen-bond acceptors (Lipinski definition) is 10. The molecular formula is C18H17Cl2N5O5S3. The molecule has 4 heterocycles. The van der Waals surface area contributed by atoms with Crippen molar-refractivity contribution < 1.29 is 19.8 Å². The second-order valence-corrected chi connectivity index (χ2v) is 11.5. The van der Waals surface area contributed by atoms with Crippen molar-refractivity contribution in [3.05, 3.63) is 48.9 Å². The van der Waals surface area contributed by atoms with E-state index in [0.29, 0.717) is 17.1 Å². The summed E-state index contributed by atoms with van der Waals surface area (Å²) in [4.78, 5) is 38.2. The molecule has 2 amide bonds. The van der Waals surface area contributed by atoms with E-state index in [1.807, 2.05) is 6.92 Å². The van der Waals surface area contributed by atoms with Crippen LogP contribution in [0.15, 0.2) is 32.8 Å². The molecular weight excluding hydrogens is 533 g/mol. The SMILES string of the molecule is Cc1nnc(SCC2=C(C(O)O)N3C(=O)C(NC(=O)Cn4cc(Cl)c(=O)c(Cl)c4)C3SC2)s1. The topological polar surface area (TPSA) is 138 Å². The Morgan fingerprint density at radius 1 is 1.30 bits per heavy atom. The smallest absolute Gasteiger partial charge is 0.253 e. The molecule has 33 heavy (non-hydrogen) atoms. The van der Waals surface area contributed by atoms with Crippen molar-refractivity contribution in [2.45, 2.75) is 35.5 Å². The van der Waals surface area contributed by atoms with E-state index < -0.39 is 34.9 Å². The van der Waals surface area contributed by atoms with Crippen LogP contribution in [0.1, 0.15) is 5.01 Å². The summed E-state index contributed by atoms with van der Waals surface area (Å²) in [7, 11) is 0. The van der Waals surface area contributed by atoms with Gasteiger partial charge in [0.1, 0.15) is 33.0 Å². The number of aryl methyl sites for hydroxylation is 1. The lowest BCUT2D eigenvalue weighted by molar-refractivity contribution is -0.150. The highest BCUT2D eigenvalue weighted by Gasteiger charge is 2.53. The number of rotatable bonds is 7. The summed E-state index contributed by atoms with van der Waals surface area (Å²) in [6.07, 6.45) is 0.740. The number of fused-ring (bicyclic) bond motifs is 1. The maximum Gasteiger partial charge on any atom is 0.253 e. The third-order valence-electron chi connectivity index (χ3n) is 4.85. The fourth-order valence-electron chi connectivity index (χ4n) is 3.40. The number of halogens is 2. The summed E-state index contributed by atoms with van der Waals surface area (Å²) in [6.45, 7) is 1.65. The first-order chi connectivity index (χ1) is 15.7. The molecule has 0 bridgehead atoms. The normalized spacial score (nSPS) is 20.2. The van der Waals surface area contributed by atoms with Crippen molar-refractivity contribution in [1.29, 1.82) is 0 Å². The van der Waals surface area contributed by atoms with Gasteiger partial charge in [0, 0.05) is 23.9 Å². The van der Waals surface area contributed by atoms with E-state index >= 15 is 0 Å². The van der Waals surface area contributed by atoms with Crippen LogP contribution in [0.2, 0.25) is 10.0 Å². The van der Waals surface area contributed by atoms with Crippen LogP contribution in [0, 0.1) is 6.92 Å². The van der Waals surface area contributed by atoms with Crippen molar-refractivity contribution in [3.8, 4) is 0 Å². The highest BCUT2D eigenvalue weighted by Crippen LogP contribution is 2.42. The zero-order valence-electron chi connectivity index (χ0n) is 16.9. The first kappa shape index (κ1) is 24.5. The van der Waals surface area contributed by atoms with E-state index in [-0.39, 0.29) is 22.3 Å². The Hall–Kier alpha value is -1.61. The van der Waals surface area contributed by atoms with Crippen LogP contribution < -0.4 is 10.7 Å². The van der Waals surface area contributed by atoms with Crippen molar-refractivity contribution in [1.82, 2.24) is 25.0 Å². The second-order valence-electron chi connectivity index (χ2n) is 7.15. The lowest BCUT2D eigenvalue weighted by atomic mass is 10.0. The summed E-state index contributed by atoms with van der Waals surface area (Å²) < 4.78 is 2.10. The number of aliphatic hydroxyl groups excluding tert-OH is 1. The summed E-state index contributed by atoms with van der Waals surface area (Å²) in [6, 6.07) is -0.818. The molecule has 2 unspecified atom stereocenters. The number of carbonyl (C=O) groups excluding carboxylic acids is 2. The Morgan fingerprint density at radius 3 is 2.61 bits per heavy atom.